The van der Waals surface area contributed by atoms with Gasteiger partial charge in [-0.1, -0.05) is 11.6 Å². The number of H-pyrrole nitrogens is 1. The average molecular weight is 376 g/mol. The third-order valence-electron chi connectivity index (χ3n) is 4.23. The van der Waals surface area contributed by atoms with Crippen molar-refractivity contribution < 1.29 is 8.42 Å². The number of fused-ring (bicyclic) bond motifs is 1. The minimum Gasteiger partial charge on any atom is -0.282 e. The van der Waals surface area contributed by atoms with Gasteiger partial charge < -0.3 is 0 Å². The molecule has 25 heavy (non-hydrogen) atoms. The molecule has 1 unspecified atom stereocenters. The van der Waals surface area contributed by atoms with Gasteiger partial charge >= 0.3 is 0 Å². The lowest BCUT2D eigenvalue weighted by atomic mass is 9.97. The van der Waals surface area contributed by atoms with E-state index in [1.54, 1.807) is 30.7 Å². The molecule has 0 spiro atoms. The van der Waals surface area contributed by atoms with Gasteiger partial charge in [-0.25, -0.2) is 18.4 Å². The third kappa shape index (κ3) is 2.82. The van der Waals surface area contributed by atoms with Crippen molar-refractivity contribution in [2.45, 2.75) is 17.4 Å². The monoisotopic (exact) mass is 375 g/mol. The summed E-state index contributed by atoms with van der Waals surface area (Å²) < 4.78 is 27.9. The summed E-state index contributed by atoms with van der Waals surface area (Å²) in [6.45, 7) is 0.333. The number of benzene rings is 1. The van der Waals surface area contributed by atoms with E-state index in [4.69, 9.17) is 11.6 Å². The molecule has 0 radical (unpaired) electrons. The van der Waals surface area contributed by atoms with Gasteiger partial charge in [-0.15, -0.1) is 0 Å². The van der Waals surface area contributed by atoms with Crippen LogP contribution in [-0.2, 0) is 16.4 Å². The summed E-state index contributed by atoms with van der Waals surface area (Å²) in [5.74, 6) is 0. The summed E-state index contributed by atoms with van der Waals surface area (Å²) in [5, 5.41) is 7.51. The number of aromatic nitrogens is 4. The van der Waals surface area contributed by atoms with Crippen molar-refractivity contribution in [3.05, 3.63) is 71.0 Å². The Labute approximate surface area is 149 Å². The van der Waals surface area contributed by atoms with E-state index in [1.807, 2.05) is 0 Å². The zero-order valence-electron chi connectivity index (χ0n) is 13.0. The van der Waals surface area contributed by atoms with Crippen LogP contribution in [0.4, 0.5) is 0 Å². The molecule has 1 aliphatic heterocycles. The van der Waals surface area contributed by atoms with E-state index in [2.05, 4.69) is 20.2 Å². The lowest BCUT2D eigenvalue weighted by Gasteiger charge is -2.34. The SMILES string of the molecule is O=S(=O)(c1ccc(Cl)cc1)N1CCc2[nH]ncc2C1c1cncnc1. The minimum atomic E-state index is -3.72. The number of rotatable bonds is 3. The Kier molecular flexibility index (Phi) is 4.03. The second-order valence-electron chi connectivity index (χ2n) is 5.70. The molecule has 0 saturated heterocycles. The standard InChI is InChI=1S/C16H14ClN5O2S/c17-12-1-3-13(4-2-12)25(23,24)22-6-5-15-14(9-20-21-15)16(22)11-7-18-10-19-8-11/h1-4,7-10,16H,5-6H2,(H,20,21). The van der Waals surface area contributed by atoms with Crippen LogP contribution in [0.3, 0.4) is 0 Å². The maximum Gasteiger partial charge on any atom is 0.243 e. The van der Waals surface area contributed by atoms with Crippen LogP contribution in [0.2, 0.25) is 5.02 Å². The summed E-state index contributed by atoms with van der Waals surface area (Å²) in [6, 6.07) is 5.65. The van der Waals surface area contributed by atoms with Crippen molar-refractivity contribution in [1.29, 1.82) is 0 Å². The number of halogens is 1. The van der Waals surface area contributed by atoms with E-state index in [9.17, 15) is 8.42 Å². The van der Waals surface area contributed by atoms with Gasteiger partial charge in [0.25, 0.3) is 0 Å². The smallest absolute Gasteiger partial charge is 0.243 e. The van der Waals surface area contributed by atoms with Crippen LogP contribution in [0, 0.1) is 0 Å². The molecule has 2 aromatic heterocycles. The molecule has 0 aliphatic carbocycles. The van der Waals surface area contributed by atoms with E-state index < -0.39 is 16.1 Å². The van der Waals surface area contributed by atoms with Crippen molar-refractivity contribution in [3.8, 4) is 0 Å². The van der Waals surface area contributed by atoms with Crippen molar-refractivity contribution in [3.63, 3.8) is 0 Å². The molecular weight excluding hydrogens is 362 g/mol. The first kappa shape index (κ1) is 16.2. The molecule has 3 heterocycles. The Balaban J connectivity index is 1.84. The summed E-state index contributed by atoms with van der Waals surface area (Å²) in [7, 11) is -3.72. The van der Waals surface area contributed by atoms with E-state index in [1.165, 1.54) is 22.8 Å². The summed E-state index contributed by atoms with van der Waals surface area (Å²) in [5.41, 5.74) is 2.44. The van der Waals surface area contributed by atoms with Gasteiger partial charge in [0.1, 0.15) is 6.33 Å². The molecule has 7 nitrogen and oxygen atoms in total. The number of sulfonamides is 1. The van der Waals surface area contributed by atoms with Crippen LogP contribution in [-0.4, -0.2) is 39.4 Å². The lowest BCUT2D eigenvalue weighted by Crippen LogP contribution is -2.40. The largest absolute Gasteiger partial charge is 0.282 e. The molecule has 3 aromatic rings. The molecule has 1 atom stereocenters. The Bertz CT molecular complexity index is 989. The second-order valence-corrected chi connectivity index (χ2v) is 8.02. The quantitative estimate of drug-likeness (QED) is 0.757. The maximum absolute atomic E-state index is 13.2. The number of nitrogens with one attached hydrogen (secondary N) is 1. The van der Waals surface area contributed by atoms with Crippen LogP contribution in [0.5, 0.6) is 0 Å². The molecule has 9 heteroatoms. The van der Waals surface area contributed by atoms with Crippen molar-refractivity contribution in [2.75, 3.05) is 6.54 Å². The van der Waals surface area contributed by atoms with Crippen LogP contribution in [0.25, 0.3) is 0 Å². The normalized spacial score (nSPS) is 18.0. The number of hydrogen-bond donors (Lipinski definition) is 1. The molecule has 1 aromatic carbocycles. The Morgan fingerprint density at radius 3 is 2.56 bits per heavy atom. The number of nitrogens with zero attached hydrogens (tertiary/aromatic N) is 4. The van der Waals surface area contributed by atoms with Gasteiger partial charge in [0, 0.05) is 47.2 Å². The van der Waals surface area contributed by atoms with Crippen LogP contribution < -0.4 is 0 Å². The summed E-state index contributed by atoms with van der Waals surface area (Å²) >= 11 is 5.89. The van der Waals surface area contributed by atoms with Crippen molar-refractivity contribution in [2.24, 2.45) is 0 Å². The zero-order valence-corrected chi connectivity index (χ0v) is 14.6. The topological polar surface area (TPSA) is 91.8 Å². The number of aromatic amines is 1. The fourth-order valence-corrected chi connectivity index (χ4v) is 4.78. The number of hydrogen-bond acceptors (Lipinski definition) is 5. The Morgan fingerprint density at radius 1 is 1.12 bits per heavy atom. The summed E-state index contributed by atoms with van der Waals surface area (Å²) in [4.78, 5) is 8.27. The molecular formula is C16H14ClN5O2S. The van der Waals surface area contributed by atoms with Gasteiger partial charge in [-0.05, 0) is 24.3 Å². The van der Waals surface area contributed by atoms with Crippen LogP contribution in [0.15, 0.2) is 54.1 Å². The highest BCUT2D eigenvalue weighted by Gasteiger charge is 2.38. The predicted molar refractivity (Wildman–Crippen MR) is 91.5 cm³/mol. The van der Waals surface area contributed by atoms with Crippen LogP contribution in [0.1, 0.15) is 22.9 Å². The van der Waals surface area contributed by atoms with Crippen LogP contribution >= 0.6 is 11.6 Å². The van der Waals surface area contributed by atoms with Crippen molar-refractivity contribution >= 4 is 21.6 Å². The van der Waals surface area contributed by atoms with Gasteiger partial charge in [0.15, 0.2) is 0 Å². The third-order valence-corrected chi connectivity index (χ3v) is 6.36. The first-order chi connectivity index (χ1) is 12.1. The zero-order chi connectivity index (χ0) is 17.4. The summed E-state index contributed by atoms with van der Waals surface area (Å²) in [6.07, 6.45) is 6.90. The van der Waals surface area contributed by atoms with E-state index in [-0.39, 0.29) is 4.90 Å². The van der Waals surface area contributed by atoms with Crippen molar-refractivity contribution in [1.82, 2.24) is 24.5 Å². The van der Waals surface area contributed by atoms with Gasteiger partial charge in [0.2, 0.25) is 10.0 Å². The molecule has 1 N–H and O–H groups in total. The molecule has 0 bridgehead atoms. The lowest BCUT2D eigenvalue weighted by molar-refractivity contribution is 0.342. The van der Waals surface area contributed by atoms with Gasteiger partial charge in [-0.2, -0.15) is 9.40 Å². The minimum absolute atomic E-state index is 0.200. The highest BCUT2D eigenvalue weighted by molar-refractivity contribution is 7.89. The molecule has 0 saturated carbocycles. The first-order valence-electron chi connectivity index (χ1n) is 7.62. The maximum atomic E-state index is 13.2. The molecule has 4 rings (SSSR count). The molecule has 1 aliphatic rings. The highest BCUT2D eigenvalue weighted by atomic mass is 35.5. The molecule has 0 fully saturated rings. The van der Waals surface area contributed by atoms with E-state index >= 15 is 0 Å². The average Bonchev–Trinajstić information content (AvgIpc) is 3.10. The van der Waals surface area contributed by atoms with Gasteiger partial charge in [0.05, 0.1) is 17.1 Å². The predicted octanol–water partition coefficient (Wildman–Crippen LogP) is 2.19. The fourth-order valence-electron chi connectivity index (χ4n) is 3.06. The second kappa shape index (κ2) is 6.21. The fraction of sp³-hybridized carbons (Fsp3) is 0.188. The molecule has 0 amide bonds. The first-order valence-corrected chi connectivity index (χ1v) is 9.43. The Morgan fingerprint density at radius 2 is 1.84 bits per heavy atom. The highest BCUT2D eigenvalue weighted by Crippen LogP contribution is 2.37. The Hall–Kier alpha value is -2.29. The van der Waals surface area contributed by atoms with E-state index in [0.717, 1.165) is 11.3 Å². The van der Waals surface area contributed by atoms with E-state index in [0.29, 0.717) is 23.6 Å². The molecule has 128 valence electrons. The van der Waals surface area contributed by atoms with Gasteiger partial charge in [-0.3, -0.25) is 5.10 Å².